The summed E-state index contributed by atoms with van der Waals surface area (Å²) in [5.41, 5.74) is 5.25. The number of hydrogen-bond acceptors (Lipinski definition) is 4. The SMILES string of the molecule is CCN1CCN(c2ccc(C)c(C(=O)NC3(c4ccc5c6c(cccc46)C(=O)N5C)CC3)c2)CC1C. The van der Waals surface area contributed by atoms with Crippen LogP contribution in [0.2, 0.25) is 0 Å². The molecule has 1 unspecified atom stereocenters. The number of amides is 2. The van der Waals surface area contributed by atoms with Gasteiger partial charge in [0.15, 0.2) is 0 Å². The number of hydrogen-bond donors (Lipinski definition) is 1. The first-order valence-electron chi connectivity index (χ1n) is 13.1. The van der Waals surface area contributed by atoms with Gasteiger partial charge in [0.2, 0.25) is 0 Å². The Morgan fingerprint density at radius 2 is 1.92 bits per heavy atom. The maximum atomic E-state index is 13.7. The summed E-state index contributed by atoms with van der Waals surface area (Å²) in [5, 5.41) is 5.47. The van der Waals surface area contributed by atoms with Crippen molar-refractivity contribution in [2.75, 3.05) is 43.0 Å². The first kappa shape index (κ1) is 23.0. The summed E-state index contributed by atoms with van der Waals surface area (Å²) in [5.74, 6) is 0.00620. The minimum Gasteiger partial charge on any atom is -0.369 e. The van der Waals surface area contributed by atoms with Gasteiger partial charge in [-0.1, -0.05) is 31.2 Å². The van der Waals surface area contributed by atoms with Crippen molar-refractivity contribution in [3.63, 3.8) is 0 Å². The zero-order chi connectivity index (χ0) is 25.2. The topological polar surface area (TPSA) is 55.9 Å². The molecule has 1 atom stereocenters. The molecule has 2 aliphatic heterocycles. The van der Waals surface area contributed by atoms with Crippen molar-refractivity contribution in [1.29, 1.82) is 0 Å². The fraction of sp³-hybridized carbons (Fsp3) is 0.400. The van der Waals surface area contributed by atoms with Crippen LogP contribution in [0.25, 0.3) is 10.8 Å². The Kier molecular flexibility index (Phi) is 5.34. The van der Waals surface area contributed by atoms with E-state index in [2.05, 4.69) is 59.3 Å². The average molecular weight is 483 g/mol. The number of anilines is 2. The fourth-order valence-corrected chi connectivity index (χ4v) is 6.18. The van der Waals surface area contributed by atoms with Crippen LogP contribution in [0.4, 0.5) is 11.4 Å². The molecule has 6 rings (SSSR count). The highest BCUT2D eigenvalue weighted by Crippen LogP contribution is 2.50. The summed E-state index contributed by atoms with van der Waals surface area (Å²) < 4.78 is 0. The van der Waals surface area contributed by atoms with Crippen molar-refractivity contribution in [3.05, 3.63) is 70.8 Å². The Balaban J connectivity index is 1.30. The van der Waals surface area contributed by atoms with E-state index in [0.29, 0.717) is 6.04 Å². The molecule has 2 fully saturated rings. The van der Waals surface area contributed by atoms with Crippen molar-refractivity contribution in [3.8, 4) is 0 Å². The monoisotopic (exact) mass is 482 g/mol. The Morgan fingerprint density at radius 3 is 2.64 bits per heavy atom. The molecule has 2 amide bonds. The molecule has 3 aliphatic rings. The number of piperazine rings is 1. The number of nitrogens with one attached hydrogen (secondary N) is 1. The molecule has 36 heavy (non-hydrogen) atoms. The molecule has 3 aromatic rings. The molecule has 0 radical (unpaired) electrons. The van der Waals surface area contributed by atoms with Gasteiger partial charge in [0.05, 0.1) is 11.2 Å². The van der Waals surface area contributed by atoms with E-state index in [0.717, 1.165) is 83.4 Å². The Bertz CT molecular complexity index is 1390. The zero-order valence-electron chi connectivity index (χ0n) is 21.6. The number of rotatable bonds is 5. The van der Waals surface area contributed by atoms with Crippen LogP contribution in [0.1, 0.15) is 58.5 Å². The summed E-state index contributed by atoms with van der Waals surface area (Å²) in [4.78, 5) is 33.0. The second-order valence-electron chi connectivity index (χ2n) is 10.7. The van der Waals surface area contributed by atoms with Gasteiger partial charge < -0.3 is 15.1 Å². The highest BCUT2D eigenvalue weighted by Gasteiger charge is 2.47. The molecule has 1 aliphatic carbocycles. The van der Waals surface area contributed by atoms with E-state index in [-0.39, 0.29) is 17.4 Å². The van der Waals surface area contributed by atoms with Gasteiger partial charge in [-0.3, -0.25) is 14.5 Å². The quantitative estimate of drug-likeness (QED) is 0.573. The molecule has 1 saturated carbocycles. The lowest BCUT2D eigenvalue weighted by molar-refractivity contribution is 0.0929. The molecular formula is C30H34N4O2. The van der Waals surface area contributed by atoms with Crippen molar-refractivity contribution in [2.45, 2.75) is 45.2 Å². The molecule has 3 aromatic carbocycles. The maximum Gasteiger partial charge on any atom is 0.258 e. The molecule has 0 aromatic heterocycles. The van der Waals surface area contributed by atoms with E-state index >= 15 is 0 Å². The van der Waals surface area contributed by atoms with Gasteiger partial charge in [0.1, 0.15) is 0 Å². The summed E-state index contributed by atoms with van der Waals surface area (Å²) in [7, 11) is 1.82. The molecule has 1 saturated heterocycles. The van der Waals surface area contributed by atoms with Gasteiger partial charge in [-0.2, -0.15) is 0 Å². The van der Waals surface area contributed by atoms with Gasteiger partial charge in [-0.05, 0) is 74.0 Å². The summed E-state index contributed by atoms with van der Waals surface area (Å²) in [6.45, 7) is 10.6. The van der Waals surface area contributed by atoms with Crippen LogP contribution in [0.5, 0.6) is 0 Å². The first-order valence-corrected chi connectivity index (χ1v) is 13.1. The molecule has 0 spiro atoms. The van der Waals surface area contributed by atoms with E-state index in [1.165, 1.54) is 0 Å². The van der Waals surface area contributed by atoms with Crippen LogP contribution >= 0.6 is 0 Å². The molecule has 2 heterocycles. The largest absolute Gasteiger partial charge is 0.369 e. The van der Waals surface area contributed by atoms with Crippen LogP contribution in [0, 0.1) is 6.92 Å². The molecule has 186 valence electrons. The van der Waals surface area contributed by atoms with Gasteiger partial charge in [0.25, 0.3) is 11.8 Å². The number of benzene rings is 3. The van der Waals surface area contributed by atoms with Crippen molar-refractivity contribution in [2.24, 2.45) is 0 Å². The third-order valence-corrected chi connectivity index (χ3v) is 8.54. The van der Waals surface area contributed by atoms with Gasteiger partial charge in [-0.25, -0.2) is 0 Å². The second kappa shape index (κ2) is 8.34. The third kappa shape index (κ3) is 3.50. The second-order valence-corrected chi connectivity index (χ2v) is 10.7. The number of nitrogens with zero attached hydrogens (tertiary/aromatic N) is 3. The van der Waals surface area contributed by atoms with Crippen molar-refractivity contribution < 1.29 is 9.59 Å². The van der Waals surface area contributed by atoms with E-state index in [9.17, 15) is 9.59 Å². The smallest absolute Gasteiger partial charge is 0.258 e. The van der Waals surface area contributed by atoms with Gasteiger partial charge >= 0.3 is 0 Å². The van der Waals surface area contributed by atoms with Crippen LogP contribution in [0.3, 0.4) is 0 Å². The lowest BCUT2D eigenvalue weighted by Crippen LogP contribution is -2.51. The fourth-order valence-electron chi connectivity index (χ4n) is 6.18. The zero-order valence-corrected chi connectivity index (χ0v) is 21.6. The highest BCUT2D eigenvalue weighted by atomic mass is 16.2. The summed E-state index contributed by atoms with van der Waals surface area (Å²) in [6, 6.07) is 16.8. The Labute approximate surface area is 212 Å². The predicted octanol–water partition coefficient (Wildman–Crippen LogP) is 4.69. The van der Waals surface area contributed by atoms with Crippen LogP contribution < -0.4 is 15.1 Å². The lowest BCUT2D eigenvalue weighted by atomic mass is 9.94. The van der Waals surface area contributed by atoms with Gasteiger partial charge in [0, 0.05) is 54.9 Å². The Hall–Kier alpha value is -3.38. The van der Waals surface area contributed by atoms with E-state index in [1.54, 1.807) is 4.90 Å². The van der Waals surface area contributed by atoms with Crippen LogP contribution in [-0.4, -0.2) is 56.0 Å². The highest BCUT2D eigenvalue weighted by molar-refractivity contribution is 6.25. The normalized spacial score (nSPS) is 20.8. The third-order valence-electron chi connectivity index (χ3n) is 8.54. The van der Waals surface area contributed by atoms with Crippen molar-refractivity contribution in [1.82, 2.24) is 10.2 Å². The molecule has 6 nitrogen and oxygen atoms in total. The molecule has 1 N–H and O–H groups in total. The number of likely N-dealkylation sites (N-methyl/N-ethyl adjacent to an activating group) is 1. The van der Waals surface area contributed by atoms with Crippen LogP contribution in [-0.2, 0) is 5.54 Å². The standard InChI is InChI=1S/C30H34N4O2/c1-5-33-15-16-34(18-20(33)3)21-10-9-19(2)24(17-21)28(35)31-30(13-14-30)25-11-12-26-27-22(25)7-6-8-23(27)29(36)32(26)4/h6-12,17,20H,5,13-16,18H2,1-4H3,(H,31,35). The van der Waals surface area contributed by atoms with E-state index < -0.39 is 0 Å². The lowest BCUT2D eigenvalue weighted by Gasteiger charge is -2.40. The van der Waals surface area contributed by atoms with Crippen molar-refractivity contribution >= 4 is 34.0 Å². The molecule has 0 bridgehead atoms. The maximum absolute atomic E-state index is 13.7. The summed E-state index contributed by atoms with van der Waals surface area (Å²) in [6.07, 6.45) is 1.80. The van der Waals surface area contributed by atoms with Gasteiger partial charge in [-0.15, -0.1) is 0 Å². The minimum atomic E-state index is -0.387. The predicted molar refractivity (Wildman–Crippen MR) is 145 cm³/mol. The summed E-state index contributed by atoms with van der Waals surface area (Å²) >= 11 is 0. The number of aryl methyl sites for hydroxylation is 1. The molecular weight excluding hydrogens is 448 g/mol. The number of carbonyl (C=O) groups excluding carboxylic acids is 2. The minimum absolute atomic E-state index is 0.0245. The van der Waals surface area contributed by atoms with E-state index in [4.69, 9.17) is 0 Å². The van der Waals surface area contributed by atoms with E-state index in [1.807, 2.05) is 32.2 Å². The first-order chi connectivity index (χ1) is 17.3. The molecule has 6 heteroatoms. The number of carbonyl (C=O) groups is 2. The van der Waals surface area contributed by atoms with Crippen LogP contribution in [0.15, 0.2) is 48.5 Å². The Morgan fingerprint density at radius 1 is 1.11 bits per heavy atom. The average Bonchev–Trinajstić information content (AvgIpc) is 3.62.